The molecule has 0 saturated carbocycles. The van der Waals surface area contributed by atoms with Crippen LogP contribution in [0.1, 0.15) is 12.8 Å². The maximum Gasteiger partial charge on any atom is 0.326 e. The van der Waals surface area contributed by atoms with Crippen LogP contribution in [0.25, 0.3) is 0 Å². The molecule has 0 radical (unpaired) electrons. The van der Waals surface area contributed by atoms with Crippen LogP contribution in [0.5, 0.6) is 5.75 Å². The smallest absolute Gasteiger partial charge is 0.326 e. The molecular formula is C13H13Cl2NO4. The van der Waals surface area contributed by atoms with Gasteiger partial charge in [-0.05, 0) is 31.0 Å². The number of carboxylic acids is 1. The lowest BCUT2D eigenvalue weighted by atomic mass is 10.2. The van der Waals surface area contributed by atoms with Crippen LogP contribution in [0.4, 0.5) is 0 Å². The van der Waals surface area contributed by atoms with E-state index in [1.165, 1.54) is 11.0 Å². The second-order valence-electron chi connectivity index (χ2n) is 4.45. The molecule has 1 amide bonds. The van der Waals surface area contributed by atoms with Crippen LogP contribution in [0.3, 0.4) is 0 Å². The van der Waals surface area contributed by atoms with E-state index in [1.807, 2.05) is 0 Å². The fourth-order valence-electron chi connectivity index (χ4n) is 2.14. The van der Waals surface area contributed by atoms with Gasteiger partial charge in [-0.1, -0.05) is 23.2 Å². The topological polar surface area (TPSA) is 66.8 Å². The number of carboxylic acid groups (broad SMARTS) is 1. The highest BCUT2D eigenvalue weighted by Crippen LogP contribution is 2.27. The first-order valence-corrected chi connectivity index (χ1v) is 6.85. The number of hydrogen-bond acceptors (Lipinski definition) is 3. The molecule has 1 atom stereocenters. The lowest BCUT2D eigenvalue weighted by Crippen LogP contribution is -2.42. The summed E-state index contributed by atoms with van der Waals surface area (Å²) >= 11 is 11.7. The second kappa shape index (κ2) is 6.33. The van der Waals surface area contributed by atoms with Gasteiger partial charge in [-0.2, -0.15) is 0 Å². The van der Waals surface area contributed by atoms with Crippen molar-refractivity contribution in [2.45, 2.75) is 18.9 Å². The molecule has 108 valence electrons. The Labute approximate surface area is 126 Å². The first-order chi connectivity index (χ1) is 9.49. The quantitative estimate of drug-likeness (QED) is 0.926. The first-order valence-electron chi connectivity index (χ1n) is 6.09. The normalized spacial score (nSPS) is 18.1. The molecule has 1 aliphatic heterocycles. The minimum absolute atomic E-state index is 0.245. The summed E-state index contributed by atoms with van der Waals surface area (Å²) in [6.07, 6.45) is 1.16. The van der Waals surface area contributed by atoms with E-state index in [0.717, 1.165) is 0 Å². The van der Waals surface area contributed by atoms with Gasteiger partial charge in [0.2, 0.25) is 0 Å². The Hall–Kier alpha value is -1.46. The third kappa shape index (κ3) is 3.35. The lowest BCUT2D eigenvalue weighted by Gasteiger charge is -2.21. The zero-order chi connectivity index (χ0) is 14.7. The van der Waals surface area contributed by atoms with E-state index < -0.39 is 12.0 Å². The number of hydrogen-bond donors (Lipinski definition) is 1. The summed E-state index contributed by atoms with van der Waals surface area (Å²) in [5.41, 5.74) is 0. The maximum atomic E-state index is 12.0. The minimum Gasteiger partial charge on any atom is -0.482 e. The molecule has 0 aromatic heterocycles. The molecular weight excluding hydrogens is 305 g/mol. The number of carbonyl (C=O) groups is 2. The van der Waals surface area contributed by atoms with E-state index in [-0.39, 0.29) is 12.5 Å². The van der Waals surface area contributed by atoms with Gasteiger partial charge in [0.05, 0.1) is 5.02 Å². The molecule has 0 bridgehead atoms. The molecule has 5 nitrogen and oxygen atoms in total. The highest BCUT2D eigenvalue weighted by molar-refractivity contribution is 6.35. The number of likely N-dealkylation sites (tertiary alicyclic amines) is 1. The zero-order valence-corrected chi connectivity index (χ0v) is 12.0. The van der Waals surface area contributed by atoms with Crippen LogP contribution in [0.2, 0.25) is 10.0 Å². The van der Waals surface area contributed by atoms with Crippen molar-refractivity contribution in [2.75, 3.05) is 13.2 Å². The fraction of sp³-hybridized carbons (Fsp3) is 0.385. The molecule has 0 unspecified atom stereocenters. The lowest BCUT2D eigenvalue weighted by molar-refractivity contribution is -0.148. The Kier molecular flexibility index (Phi) is 4.73. The molecule has 1 N–H and O–H groups in total. The van der Waals surface area contributed by atoms with Crippen molar-refractivity contribution in [3.05, 3.63) is 28.2 Å². The van der Waals surface area contributed by atoms with Crippen LogP contribution in [0.15, 0.2) is 18.2 Å². The number of benzene rings is 1. The predicted octanol–water partition coefficient (Wildman–Crippen LogP) is 2.45. The van der Waals surface area contributed by atoms with Crippen molar-refractivity contribution in [3.63, 3.8) is 0 Å². The van der Waals surface area contributed by atoms with E-state index in [4.69, 9.17) is 33.0 Å². The van der Waals surface area contributed by atoms with E-state index in [1.54, 1.807) is 12.1 Å². The van der Waals surface area contributed by atoms with Gasteiger partial charge < -0.3 is 14.7 Å². The zero-order valence-electron chi connectivity index (χ0n) is 10.5. The summed E-state index contributed by atoms with van der Waals surface area (Å²) in [5, 5.41) is 9.80. The number of rotatable bonds is 4. The molecule has 7 heteroatoms. The molecule has 1 aliphatic rings. The monoisotopic (exact) mass is 317 g/mol. The summed E-state index contributed by atoms with van der Waals surface area (Å²) in [5.74, 6) is -1.00. The van der Waals surface area contributed by atoms with Crippen molar-refractivity contribution in [1.82, 2.24) is 4.90 Å². The number of carbonyl (C=O) groups excluding carboxylic acids is 1. The van der Waals surface area contributed by atoms with Gasteiger partial charge >= 0.3 is 5.97 Å². The molecule has 0 aliphatic carbocycles. The van der Waals surface area contributed by atoms with Crippen molar-refractivity contribution in [2.24, 2.45) is 0 Å². The van der Waals surface area contributed by atoms with Crippen molar-refractivity contribution in [1.29, 1.82) is 0 Å². The average molecular weight is 318 g/mol. The van der Waals surface area contributed by atoms with E-state index in [2.05, 4.69) is 0 Å². The van der Waals surface area contributed by atoms with Crippen molar-refractivity contribution >= 4 is 35.1 Å². The Bertz CT molecular complexity index is 535. The third-order valence-corrected chi connectivity index (χ3v) is 3.63. The SMILES string of the molecule is O=C(O)[C@@H]1CCCN1C(=O)COc1ccc(Cl)cc1Cl. The molecule has 20 heavy (non-hydrogen) atoms. The number of amides is 1. The fourth-order valence-corrected chi connectivity index (χ4v) is 2.60. The highest BCUT2D eigenvalue weighted by atomic mass is 35.5. The van der Waals surface area contributed by atoms with Gasteiger partial charge in [-0.3, -0.25) is 4.79 Å². The van der Waals surface area contributed by atoms with Crippen LogP contribution >= 0.6 is 23.2 Å². The van der Waals surface area contributed by atoms with E-state index in [9.17, 15) is 9.59 Å². The molecule has 0 spiro atoms. The van der Waals surface area contributed by atoms with Gasteiger partial charge in [0.25, 0.3) is 5.91 Å². The summed E-state index contributed by atoms with van der Waals surface area (Å²) in [7, 11) is 0. The molecule has 1 saturated heterocycles. The molecule has 1 fully saturated rings. The minimum atomic E-state index is -0.986. The third-order valence-electron chi connectivity index (χ3n) is 3.10. The summed E-state index contributed by atoms with van der Waals surface area (Å²) in [4.78, 5) is 24.3. The first kappa shape index (κ1) is 14.9. The molecule has 1 aromatic rings. The number of nitrogens with zero attached hydrogens (tertiary/aromatic N) is 1. The summed E-state index contributed by atoms with van der Waals surface area (Å²) in [6.45, 7) is 0.193. The van der Waals surface area contributed by atoms with Gasteiger partial charge in [0.15, 0.2) is 6.61 Å². The Morgan fingerprint density at radius 2 is 2.15 bits per heavy atom. The Morgan fingerprint density at radius 3 is 2.80 bits per heavy atom. The number of ether oxygens (including phenoxy) is 1. The van der Waals surface area contributed by atoms with Crippen molar-refractivity contribution in [3.8, 4) is 5.75 Å². The van der Waals surface area contributed by atoms with E-state index in [0.29, 0.717) is 35.2 Å². The van der Waals surface area contributed by atoms with Crippen LogP contribution in [0, 0.1) is 0 Å². The van der Waals surface area contributed by atoms with Gasteiger partial charge in [-0.15, -0.1) is 0 Å². The Morgan fingerprint density at radius 1 is 1.40 bits per heavy atom. The standard InChI is InChI=1S/C13H13Cl2NO4/c14-8-3-4-11(9(15)6-8)20-7-12(17)16-5-1-2-10(16)13(18)19/h3-4,6,10H,1-2,5,7H2,(H,18,19)/t10-/m0/s1. The highest BCUT2D eigenvalue weighted by Gasteiger charge is 2.33. The predicted molar refractivity (Wildman–Crippen MR) is 74.3 cm³/mol. The molecule has 2 rings (SSSR count). The van der Waals surface area contributed by atoms with Gasteiger partial charge in [0, 0.05) is 11.6 Å². The van der Waals surface area contributed by atoms with Crippen LogP contribution < -0.4 is 4.74 Å². The van der Waals surface area contributed by atoms with E-state index >= 15 is 0 Å². The summed E-state index contributed by atoms with van der Waals surface area (Å²) in [6, 6.07) is 3.92. The number of halogens is 2. The largest absolute Gasteiger partial charge is 0.482 e. The average Bonchev–Trinajstić information content (AvgIpc) is 2.86. The molecule has 1 heterocycles. The van der Waals surface area contributed by atoms with Crippen molar-refractivity contribution < 1.29 is 19.4 Å². The second-order valence-corrected chi connectivity index (χ2v) is 5.29. The van der Waals surface area contributed by atoms with Crippen LogP contribution in [-0.2, 0) is 9.59 Å². The maximum absolute atomic E-state index is 12.0. The summed E-state index contributed by atoms with van der Waals surface area (Å²) < 4.78 is 5.32. The number of aliphatic carboxylic acids is 1. The Balaban J connectivity index is 1.96. The van der Waals surface area contributed by atoms with Gasteiger partial charge in [-0.25, -0.2) is 4.79 Å². The van der Waals surface area contributed by atoms with Crippen LogP contribution in [-0.4, -0.2) is 41.1 Å². The van der Waals surface area contributed by atoms with Gasteiger partial charge in [0.1, 0.15) is 11.8 Å². The molecule has 1 aromatic carbocycles.